The Morgan fingerprint density at radius 3 is 2.65 bits per heavy atom. The van der Waals surface area contributed by atoms with Gasteiger partial charge in [-0.1, -0.05) is 0 Å². The molecule has 0 spiro atoms. The summed E-state index contributed by atoms with van der Waals surface area (Å²) < 4.78 is 25.4. The molecule has 2 heterocycles. The molecule has 106 valence electrons. The van der Waals surface area contributed by atoms with Gasteiger partial charge in [0.2, 0.25) is 10.0 Å². The van der Waals surface area contributed by atoms with Crippen molar-refractivity contribution in [3.63, 3.8) is 0 Å². The highest BCUT2D eigenvalue weighted by atomic mass is 32.2. The Balaban J connectivity index is 2.23. The molecular formula is C9H10N6O4S. The van der Waals surface area contributed by atoms with E-state index in [9.17, 15) is 18.5 Å². The summed E-state index contributed by atoms with van der Waals surface area (Å²) in [6.07, 6.45) is 2.22. The molecule has 0 aromatic carbocycles. The van der Waals surface area contributed by atoms with E-state index in [1.807, 2.05) is 0 Å². The van der Waals surface area contributed by atoms with Crippen molar-refractivity contribution in [2.45, 2.75) is 11.4 Å². The summed E-state index contributed by atoms with van der Waals surface area (Å²) in [5.41, 5.74) is 0. The molecule has 0 fully saturated rings. The smallest absolute Gasteiger partial charge is 0.358 e. The summed E-state index contributed by atoms with van der Waals surface area (Å²) >= 11 is 0. The van der Waals surface area contributed by atoms with Crippen molar-refractivity contribution < 1.29 is 13.3 Å². The summed E-state index contributed by atoms with van der Waals surface area (Å²) in [6.45, 7) is -0.000674. The van der Waals surface area contributed by atoms with Gasteiger partial charge in [0, 0.05) is 13.1 Å². The summed E-state index contributed by atoms with van der Waals surface area (Å²) in [7, 11) is -2.44. The number of nitro groups is 1. The second-order valence-corrected chi connectivity index (χ2v) is 5.85. The molecule has 1 N–H and O–H groups in total. The predicted octanol–water partition coefficient (Wildman–Crippen LogP) is -0.0714. The number of hydrogen-bond donors (Lipinski definition) is 1. The van der Waals surface area contributed by atoms with Crippen LogP contribution in [-0.2, 0) is 16.6 Å². The third-order valence-electron chi connectivity index (χ3n) is 2.45. The summed E-state index contributed by atoms with van der Waals surface area (Å²) in [5.74, 6) is -0.0345. The normalized spacial score (nSPS) is 11.7. The molecule has 0 saturated heterocycles. The lowest BCUT2D eigenvalue weighted by molar-refractivity contribution is -0.389. The fraction of sp³-hybridized carbons (Fsp3) is 0.222. The van der Waals surface area contributed by atoms with Gasteiger partial charge >= 0.3 is 5.82 Å². The van der Waals surface area contributed by atoms with Crippen LogP contribution >= 0.6 is 0 Å². The molecule has 0 bridgehead atoms. The van der Waals surface area contributed by atoms with E-state index in [1.54, 1.807) is 0 Å². The van der Waals surface area contributed by atoms with Crippen molar-refractivity contribution in [3.8, 4) is 0 Å². The van der Waals surface area contributed by atoms with E-state index >= 15 is 0 Å². The van der Waals surface area contributed by atoms with E-state index in [1.165, 1.54) is 13.4 Å². The molecule has 0 amide bonds. The molecule has 2 rings (SSSR count). The number of aromatic nitrogens is 4. The van der Waals surface area contributed by atoms with Crippen LogP contribution in [0, 0.1) is 10.1 Å². The van der Waals surface area contributed by atoms with E-state index in [0.29, 0.717) is 5.82 Å². The number of pyridine rings is 1. The first kappa shape index (κ1) is 14.0. The van der Waals surface area contributed by atoms with Crippen molar-refractivity contribution in [1.82, 2.24) is 24.5 Å². The molecule has 0 saturated carbocycles. The van der Waals surface area contributed by atoms with Crippen molar-refractivity contribution in [2.24, 2.45) is 0 Å². The van der Waals surface area contributed by atoms with Crippen LogP contribution in [0.5, 0.6) is 0 Å². The minimum Gasteiger partial charge on any atom is -0.358 e. The molecule has 0 aliphatic rings. The molecule has 0 atom stereocenters. The highest BCUT2D eigenvalue weighted by Crippen LogP contribution is 2.17. The second-order valence-electron chi connectivity index (χ2n) is 3.80. The summed E-state index contributed by atoms with van der Waals surface area (Å²) in [4.78, 5) is 16.9. The molecule has 0 aliphatic carbocycles. The first-order valence-corrected chi connectivity index (χ1v) is 6.76. The minimum absolute atomic E-state index is 0.000674. The number of aromatic amines is 1. The maximum atomic E-state index is 12.2. The summed E-state index contributed by atoms with van der Waals surface area (Å²) in [6, 6.07) is 2.17. The monoisotopic (exact) mass is 298 g/mol. The fourth-order valence-corrected chi connectivity index (χ4v) is 2.49. The first-order valence-electron chi connectivity index (χ1n) is 5.32. The molecule has 0 unspecified atom stereocenters. The summed E-state index contributed by atoms with van der Waals surface area (Å²) in [5, 5.41) is 16.6. The van der Waals surface area contributed by atoms with E-state index in [2.05, 4.69) is 20.2 Å². The average molecular weight is 298 g/mol. The third-order valence-corrected chi connectivity index (χ3v) is 4.24. The van der Waals surface area contributed by atoms with Gasteiger partial charge in [-0.25, -0.2) is 13.4 Å². The van der Waals surface area contributed by atoms with Crippen molar-refractivity contribution in [2.75, 3.05) is 7.05 Å². The largest absolute Gasteiger partial charge is 0.363 e. The molecule has 0 aliphatic heterocycles. The van der Waals surface area contributed by atoms with Crippen LogP contribution in [0.25, 0.3) is 0 Å². The molecule has 0 radical (unpaired) electrons. The van der Waals surface area contributed by atoms with Gasteiger partial charge in [-0.2, -0.15) is 9.40 Å². The van der Waals surface area contributed by atoms with Gasteiger partial charge in [0.25, 0.3) is 0 Å². The Labute approximate surface area is 113 Å². The van der Waals surface area contributed by atoms with Crippen LogP contribution in [0.1, 0.15) is 5.82 Å². The van der Waals surface area contributed by atoms with E-state index in [4.69, 9.17) is 0 Å². The topological polar surface area (TPSA) is 135 Å². The van der Waals surface area contributed by atoms with Gasteiger partial charge in [0.05, 0.1) is 6.54 Å². The van der Waals surface area contributed by atoms with Gasteiger partial charge in [-0.05, 0) is 16.0 Å². The van der Waals surface area contributed by atoms with Crippen LogP contribution in [0.2, 0.25) is 0 Å². The number of nitrogens with one attached hydrogen (secondary N) is 1. The predicted molar refractivity (Wildman–Crippen MR) is 65.9 cm³/mol. The minimum atomic E-state index is -3.80. The molecule has 2 aromatic heterocycles. The quantitative estimate of drug-likeness (QED) is 0.602. The number of hydrogen-bond acceptors (Lipinski definition) is 7. The van der Waals surface area contributed by atoms with Crippen molar-refractivity contribution in [1.29, 1.82) is 0 Å². The molecular weight excluding hydrogens is 288 g/mol. The van der Waals surface area contributed by atoms with Gasteiger partial charge in [0.15, 0.2) is 6.20 Å². The van der Waals surface area contributed by atoms with Crippen LogP contribution in [-0.4, -0.2) is 44.9 Å². The van der Waals surface area contributed by atoms with E-state index in [-0.39, 0.29) is 11.4 Å². The lowest BCUT2D eigenvalue weighted by atomic mass is 10.5. The Morgan fingerprint density at radius 2 is 2.15 bits per heavy atom. The number of sulfonamides is 1. The zero-order valence-corrected chi connectivity index (χ0v) is 11.1. The number of H-pyrrole nitrogens is 1. The Hall–Kier alpha value is -2.40. The maximum absolute atomic E-state index is 12.2. The zero-order valence-electron chi connectivity index (χ0n) is 10.3. The van der Waals surface area contributed by atoms with E-state index in [0.717, 1.165) is 22.6 Å². The Bertz CT molecular complexity index is 697. The Morgan fingerprint density at radius 1 is 1.40 bits per heavy atom. The standard InChI is InChI=1S/C9H10N6O4S/c1-14(5-8-11-6-12-13-8)20(18,19)7-2-3-9(10-4-7)15(16)17/h2-4,6H,5H2,1H3,(H,11,12,13). The number of rotatable bonds is 5. The van der Waals surface area contributed by atoms with Gasteiger partial charge in [-0.3, -0.25) is 5.10 Å². The lowest BCUT2D eigenvalue weighted by Gasteiger charge is -2.14. The molecule has 2 aromatic rings. The molecule has 11 heteroatoms. The lowest BCUT2D eigenvalue weighted by Crippen LogP contribution is -2.27. The van der Waals surface area contributed by atoms with Gasteiger partial charge < -0.3 is 10.1 Å². The first-order chi connectivity index (χ1) is 9.41. The maximum Gasteiger partial charge on any atom is 0.363 e. The number of nitrogens with zero attached hydrogens (tertiary/aromatic N) is 5. The third kappa shape index (κ3) is 2.78. The molecule has 10 nitrogen and oxygen atoms in total. The highest BCUT2D eigenvalue weighted by molar-refractivity contribution is 7.89. The molecule has 20 heavy (non-hydrogen) atoms. The zero-order chi connectivity index (χ0) is 14.8. The van der Waals surface area contributed by atoms with E-state index < -0.39 is 20.8 Å². The second kappa shape index (κ2) is 5.30. The Kier molecular flexibility index (Phi) is 3.72. The van der Waals surface area contributed by atoms with Gasteiger partial charge in [-0.15, -0.1) is 0 Å². The van der Waals surface area contributed by atoms with Gasteiger partial charge in [0.1, 0.15) is 17.0 Å². The SMILES string of the molecule is CN(Cc1ncn[nH]1)S(=O)(=O)c1ccc([N+](=O)[O-])nc1. The van der Waals surface area contributed by atoms with Crippen LogP contribution in [0.4, 0.5) is 5.82 Å². The average Bonchev–Trinajstić information content (AvgIpc) is 2.91. The van der Waals surface area contributed by atoms with Crippen molar-refractivity contribution >= 4 is 15.8 Å². The van der Waals surface area contributed by atoms with Crippen LogP contribution in [0.15, 0.2) is 29.6 Å². The fourth-order valence-electron chi connectivity index (χ4n) is 1.42. The van der Waals surface area contributed by atoms with Crippen molar-refractivity contribution in [3.05, 3.63) is 40.6 Å². The highest BCUT2D eigenvalue weighted by Gasteiger charge is 2.24. The van der Waals surface area contributed by atoms with Crippen LogP contribution < -0.4 is 0 Å². The van der Waals surface area contributed by atoms with Crippen LogP contribution in [0.3, 0.4) is 0 Å².